The first kappa shape index (κ1) is 59.3. The van der Waals surface area contributed by atoms with Gasteiger partial charge in [-0.25, -0.2) is 0 Å². The van der Waals surface area contributed by atoms with Gasteiger partial charge in [-0.3, -0.25) is 9.59 Å². The Morgan fingerprint density at radius 1 is 0.377 bits per heavy atom. The maximum Gasteiger partial charge on any atom is 0.220 e. The monoisotopic (exact) mass is 873 g/mol. The Kier molecular flexibility index (Phi) is 49.5. The summed E-state index contributed by atoms with van der Waals surface area (Å²) in [5.74, 6) is 0.126. The van der Waals surface area contributed by atoms with Crippen LogP contribution in [0.4, 0.5) is 0 Å². The molecule has 0 atom stereocenters. The minimum atomic E-state index is -0.342. The molecular weight excluding hydrogens is 769 g/mol. The molecule has 0 aromatic carbocycles. The highest BCUT2D eigenvalue weighted by Gasteiger charge is 2.16. The van der Waals surface area contributed by atoms with Gasteiger partial charge in [-0.2, -0.15) is 0 Å². The summed E-state index contributed by atoms with van der Waals surface area (Å²) in [5.41, 5.74) is 0. The number of amides is 2. The number of thiocarbonyl (C=S) groups is 1. The Morgan fingerprint density at radius 2 is 0.623 bits per heavy atom. The number of carbonyl (C=O) groups is 2. The lowest BCUT2D eigenvalue weighted by atomic mass is 10.0. The van der Waals surface area contributed by atoms with Gasteiger partial charge in [0.25, 0.3) is 0 Å². The van der Waals surface area contributed by atoms with Crippen molar-refractivity contribution in [2.75, 3.05) is 13.1 Å². The first-order chi connectivity index (χ1) is 30.0. The lowest BCUT2D eigenvalue weighted by Gasteiger charge is -2.21. The van der Waals surface area contributed by atoms with E-state index in [-0.39, 0.29) is 17.9 Å². The van der Waals surface area contributed by atoms with Crippen LogP contribution in [0.15, 0.2) is 24.3 Å². The third kappa shape index (κ3) is 49.2. The highest BCUT2D eigenvalue weighted by atomic mass is 32.1. The van der Waals surface area contributed by atoms with E-state index >= 15 is 0 Å². The predicted molar refractivity (Wildman–Crippen MR) is 273 cm³/mol. The summed E-state index contributed by atoms with van der Waals surface area (Å²) in [5, 5.41) is 6.78. The van der Waals surface area contributed by atoms with Crippen LogP contribution in [-0.2, 0) is 14.3 Å². The highest BCUT2D eigenvalue weighted by Crippen LogP contribution is 2.15. The first-order valence-corrected chi connectivity index (χ1v) is 27.5. The van der Waals surface area contributed by atoms with E-state index in [4.69, 9.17) is 17.0 Å². The van der Waals surface area contributed by atoms with Gasteiger partial charge in [0.05, 0.1) is 13.1 Å². The molecule has 0 aliphatic rings. The predicted octanol–water partition coefficient (Wildman–Crippen LogP) is 17.5. The lowest BCUT2D eigenvalue weighted by molar-refractivity contribution is -0.121. The van der Waals surface area contributed by atoms with Crippen molar-refractivity contribution in [3.63, 3.8) is 0 Å². The van der Waals surface area contributed by atoms with Crippen molar-refractivity contribution < 1.29 is 14.3 Å². The second-order valence-electron chi connectivity index (χ2n) is 18.4. The Morgan fingerprint density at radius 3 is 0.918 bits per heavy atom. The number of carbonyl (C=O) groups excluding carboxylic acids is 2. The largest absolute Gasteiger partial charge is 0.480 e. The van der Waals surface area contributed by atoms with Gasteiger partial charge in [0.1, 0.15) is 6.10 Å². The molecule has 0 aromatic rings. The zero-order valence-corrected chi connectivity index (χ0v) is 41.9. The number of allylic oxidation sites excluding steroid dienone is 4. The zero-order valence-electron chi connectivity index (χ0n) is 41.1. The van der Waals surface area contributed by atoms with Crippen LogP contribution < -0.4 is 10.6 Å². The molecule has 0 saturated carbocycles. The standard InChI is InChI=1S/C55H104N2O3S/c1-4-7-10-13-16-19-22-25-27-30-32-35-38-41-44-47-53(58)56-50-52(60-55(61)49-46-43-40-37-34-29-24-21-18-15-12-9-6-3)51-57-54(59)48-45-42-39-36-33-31-28-26-23-20-17-14-11-8-5-2/h25-28,52H,4-24,29-51H2,1-3H3,(H,56,58)(H,57,59)/b27-25-,28-26-. The second kappa shape index (κ2) is 50.9. The molecule has 358 valence electrons. The van der Waals surface area contributed by atoms with Crippen LogP contribution >= 0.6 is 12.2 Å². The highest BCUT2D eigenvalue weighted by molar-refractivity contribution is 7.80. The molecule has 0 spiro atoms. The van der Waals surface area contributed by atoms with Gasteiger partial charge in [-0.15, -0.1) is 0 Å². The van der Waals surface area contributed by atoms with Crippen LogP contribution in [0, 0.1) is 0 Å². The van der Waals surface area contributed by atoms with E-state index in [0.29, 0.717) is 31.0 Å². The topological polar surface area (TPSA) is 67.4 Å². The molecule has 0 rings (SSSR count). The smallest absolute Gasteiger partial charge is 0.220 e. The molecule has 0 unspecified atom stereocenters. The molecule has 0 bridgehead atoms. The van der Waals surface area contributed by atoms with E-state index in [2.05, 4.69) is 55.7 Å². The molecule has 0 aromatic heterocycles. The Labute approximate surface area is 386 Å². The third-order valence-electron chi connectivity index (χ3n) is 12.2. The average molecular weight is 874 g/mol. The van der Waals surface area contributed by atoms with Crippen LogP contribution in [0.2, 0.25) is 0 Å². The van der Waals surface area contributed by atoms with Crippen LogP contribution in [0.25, 0.3) is 0 Å². The van der Waals surface area contributed by atoms with Crippen LogP contribution in [0.1, 0.15) is 290 Å². The number of unbranched alkanes of at least 4 members (excludes halogenated alkanes) is 34. The second-order valence-corrected chi connectivity index (χ2v) is 18.8. The van der Waals surface area contributed by atoms with E-state index in [1.54, 1.807) is 0 Å². The fourth-order valence-corrected chi connectivity index (χ4v) is 8.31. The minimum absolute atomic E-state index is 0.0632. The summed E-state index contributed by atoms with van der Waals surface area (Å²) >= 11 is 5.67. The van der Waals surface area contributed by atoms with Crippen LogP contribution in [0.5, 0.6) is 0 Å². The molecule has 0 radical (unpaired) electrons. The Hall–Kier alpha value is -1.69. The van der Waals surface area contributed by atoms with Gasteiger partial charge in [0.2, 0.25) is 11.8 Å². The average Bonchev–Trinajstić information content (AvgIpc) is 3.26. The molecule has 6 heteroatoms. The van der Waals surface area contributed by atoms with E-state index in [1.165, 1.54) is 218 Å². The van der Waals surface area contributed by atoms with Gasteiger partial charge >= 0.3 is 0 Å². The number of hydrogen-bond donors (Lipinski definition) is 2. The number of hydrogen-bond acceptors (Lipinski definition) is 4. The fourth-order valence-electron chi connectivity index (χ4n) is 8.03. The van der Waals surface area contributed by atoms with E-state index in [0.717, 1.165) is 38.5 Å². The molecule has 61 heavy (non-hydrogen) atoms. The van der Waals surface area contributed by atoms with Crippen molar-refractivity contribution in [2.24, 2.45) is 0 Å². The summed E-state index contributed by atoms with van der Waals surface area (Å²) in [6, 6.07) is 0. The Balaban J connectivity index is 4.36. The molecule has 0 fully saturated rings. The SMILES string of the molecule is CCCCCCCC/C=C\CCCCCCCC(=O)NCC(CNC(=O)CCCCCCC/C=C\CCCCCCCC)OC(=S)CCCCCCCCCCCCCCC. The lowest BCUT2D eigenvalue weighted by Crippen LogP contribution is -2.42. The summed E-state index contributed by atoms with van der Waals surface area (Å²) < 4.78 is 6.21. The van der Waals surface area contributed by atoms with Crippen molar-refractivity contribution in [3.8, 4) is 0 Å². The summed E-state index contributed by atoms with van der Waals surface area (Å²) in [6.45, 7) is 7.57. The summed E-state index contributed by atoms with van der Waals surface area (Å²) in [7, 11) is 0. The van der Waals surface area contributed by atoms with Gasteiger partial charge in [0.15, 0.2) is 5.05 Å². The third-order valence-corrected chi connectivity index (χ3v) is 12.5. The van der Waals surface area contributed by atoms with Crippen LogP contribution in [-0.4, -0.2) is 36.1 Å². The fraction of sp³-hybridized carbons (Fsp3) is 0.873. The van der Waals surface area contributed by atoms with Crippen molar-refractivity contribution in [2.45, 2.75) is 297 Å². The van der Waals surface area contributed by atoms with E-state index in [1.807, 2.05) is 0 Å². The van der Waals surface area contributed by atoms with Crippen molar-refractivity contribution in [1.29, 1.82) is 0 Å². The summed E-state index contributed by atoms with van der Waals surface area (Å²) in [6.07, 6.45) is 60.6. The van der Waals surface area contributed by atoms with Crippen molar-refractivity contribution in [1.82, 2.24) is 10.6 Å². The molecule has 0 saturated heterocycles. The number of nitrogens with one attached hydrogen (secondary N) is 2. The van der Waals surface area contributed by atoms with E-state index in [9.17, 15) is 9.59 Å². The van der Waals surface area contributed by atoms with Crippen molar-refractivity contribution in [3.05, 3.63) is 24.3 Å². The van der Waals surface area contributed by atoms with Gasteiger partial charge < -0.3 is 15.4 Å². The molecule has 0 heterocycles. The van der Waals surface area contributed by atoms with E-state index < -0.39 is 0 Å². The van der Waals surface area contributed by atoms with Crippen LogP contribution in [0.3, 0.4) is 0 Å². The maximum absolute atomic E-state index is 12.8. The molecule has 5 nitrogen and oxygen atoms in total. The number of rotatable bonds is 49. The Bertz CT molecular complexity index is 942. The maximum atomic E-state index is 12.8. The van der Waals surface area contributed by atoms with Gasteiger partial charge in [-0.05, 0) is 82.8 Å². The minimum Gasteiger partial charge on any atom is -0.480 e. The molecule has 0 aliphatic heterocycles. The zero-order chi connectivity index (χ0) is 44.4. The normalized spacial score (nSPS) is 11.7. The quantitative estimate of drug-likeness (QED) is 0.0363. The molecule has 2 N–H and O–H groups in total. The summed E-state index contributed by atoms with van der Waals surface area (Å²) in [4.78, 5) is 25.6. The molecule has 0 aliphatic carbocycles. The molecule has 2 amide bonds. The van der Waals surface area contributed by atoms with Crippen molar-refractivity contribution >= 4 is 29.1 Å². The van der Waals surface area contributed by atoms with Gasteiger partial charge in [-0.1, -0.05) is 225 Å². The molecular formula is C55H104N2O3S. The van der Waals surface area contributed by atoms with Gasteiger partial charge in [0, 0.05) is 19.3 Å². The number of ether oxygens (including phenoxy) is 1. The first-order valence-electron chi connectivity index (χ1n) is 27.1.